The van der Waals surface area contributed by atoms with Gasteiger partial charge in [0, 0.05) is 12.1 Å². The van der Waals surface area contributed by atoms with Gasteiger partial charge in [0.15, 0.2) is 5.67 Å². The fourth-order valence-corrected chi connectivity index (χ4v) is 1.27. The summed E-state index contributed by atoms with van der Waals surface area (Å²) in [6.07, 6.45) is 0.185. The first-order valence-corrected chi connectivity index (χ1v) is 4.28. The van der Waals surface area contributed by atoms with E-state index in [0.717, 1.165) is 0 Å². The van der Waals surface area contributed by atoms with E-state index in [9.17, 15) is 8.78 Å². The van der Waals surface area contributed by atoms with Gasteiger partial charge >= 0.3 is 0 Å². The second-order valence-electron chi connectivity index (χ2n) is 3.00. The van der Waals surface area contributed by atoms with E-state index in [1.165, 1.54) is 18.2 Å². The Morgan fingerprint density at radius 2 is 2.00 bits per heavy atom. The maximum Gasteiger partial charge on any atom is 0.150 e. The van der Waals surface area contributed by atoms with Crippen LogP contribution in [-0.2, 0) is 5.67 Å². The Hall–Kier alpha value is -0.960. The topological polar surface area (TPSA) is 26.0 Å². The lowest BCUT2D eigenvalue weighted by atomic mass is 9.93. The van der Waals surface area contributed by atoms with Gasteiger partial charge in [-0.15, -0.1) is 0 Å². The van der Waals surface area contributed by atoms with Crippen molar-refractivity contribution in [2.75, 3.05) is 6.54 Å². The van der Waals surface area contributed by atoms with Crippen molar-refractivity contribution in [1.82, 2.24) is 0 Å². The van der Waals surface area contributed by atoms with Crippen molar-refractivity contribution in [2.45, 2.75) is 19.0 Å². The molecule has 0 heterocycles. The SMILES string of the molecule is CCC(F)(CN)c1ccccc1F. The predicted molar refractivity (Wildman–Crippen MR) is 48.5 cm³/mol. The van der Waals surface area contributed by atoms with Crippen molar-refractivity contribution in [3.63, 3.8) is 0 Å². The summed E-state index contributed by atoms with van der Waals surface area (Å²) in [6, 6.07) is 5.82. The smallest absolute Gasteiger partial charge is 0.150 e. The van der Waals surface area contributed by atoms with E-state index < -0.39 is 11.5 Å². The molecular formula is C10H13F2N. The zero-order valence-electron chi connectivity index (χ0n) is 7.56. The van der Waals surface area contributed by atoms with Crippen LogP contribution in [0.1, 0.15) is 18.9 Å². The first kappa shape index (κ1) is 10.1. The van der Waals surface area contributed by atoms with Crippen molar-refractivity contribution in [3.05, 3.63) is 35.6 Å². The van der Waals surface area contributed by atoms with Crippen molar-refractivity contribution in [1.29, 1.82) is 0 Å². The molecule has 0 saturated carbocycles. The summed E-state index contributed by atoms with van der Waals surface area (Å²) in [5.41, 5.74) is 3.60. The summed E-state index contributed by atoms with van der Waals surface area (Å²) in [7, 11) is 0. The molecule has 72 valence electrons. The third-order valence-corrected chi connectivity index (χ3v) is 2.24. The number of hydrogen-bond donors (Lipinski definition) is 1. The number of halogens is 2. The van der Waals surface area contributed by atoms with E-state index in [4.69, 9.17) is 5.73 Å². The second kappa shape index (κ2) is 3.83. The molecule has 0 saturated heterocycles. The molecular weight excluding hydrogens is 172 g/mol. The van der Waals surface area contributed by atoms with E-state index in [-0.39, 0.29) is 18.5 Å². The molecule has 0 aliphatic rings. The number of rotatable bonds is 3. The maximum atomic E-state index is 13.9. The van der Waals surface area contributed by atoms with Crippen LogP contribution in [0.25, 0.3) is 0 Å². The van der Waals surface area contributed by atoms with Gasteiger partial charge in [-0.2, -0.15) is 0 Å². The summed E-state index contributed by atoms with van der Waals surface area (Å²) >= 11 is 0. The molecule has 0 fully saturated rings. The van der Waals surface area contributed by atoms with Gasteiger partial charge in [-0.1, -0.05) is 25.1 Å². The molecule has 2 N–H and O–H groups in total. The van der Waals surface area contributed by atoms with Crippen molar-refractivity contribution >= 4 is 0 Å². The molecule has 0 spiro atoms. The second-order valence-corrected chi connectivity index (χ2v) is 3.00. The van der Waals surface area contributed by atoms with Crippen LogP contribution in [0.5, 0.6) is 0 Å². The lowest BCUT2D eigenvalue weighted by molar-refractivity contribution is 0.163. The highest BCUT2D eigenvalue weighted by Gasteiger charge is 2.30. The average Bonchev–Trinajstić information content (AvgIpc) is 2.17. The minimum atomic E-state index is -1.73. The first-order chi connectivity index (χ1) is 6.14. The summed E-state index contributed by atoms with van der Waals surface area (Å²) in [5.74, 6) is -0.530. The number of alkyl halides is 1. The van der Waals surface area contributed by atoms with Crippen LogP contribution in [0.2, 0.25) is 0 Å². The van der Waals surface area contributed by atoms with E-state index >= 15 is 0 Å². The molecule has 1 aromatic rings. The molecule has 0 radical (unpaired) electrons. The van der Waals surface area contributed by atoms with Crippen molar-refractivity contribution in [3.8, 4) is 0 Å². The molecule has 1 aromatic carbocycles. The minimum Gasteiger partial charge on any atom is -0.327 e. The van der Waals surface area contributed by atoms with Crippen LogP contribution in [0.4, 0.5) is 8.78 Å². The molecule has 0 bridgehead atoms. The van der Waals surface area contributed by atoms with Gasteiger partial charge in [0.05, 0.1) is 0 Å². The molecule has 13 heavy (non-hydrogen) atoms. The van der Waals surface area contributed by atoms with Gasteiger partial charge in [-0.05, 0) is 12.5 Å². The highest BCUT2D eigenvalue weighted by atomic mass is 19.1. The zero-order chi connectivity index (χ0) is 9.90. The molecule has 0 aliphatic heterocycles. The number of hydrogen-bond acceptors (Lipinski definition) is 1. The Morgan fingerprint density at radius 1 is 1.38 bits per heavy atom. The third kappa shape index (κ3) is 1.86. The number of benzene rings is 1. The van der Waals surface area contributed by atoms with E-state index in [1.54, 1.807) is 13.0 Å². The predicted octanol–water partition coefficient (Wildman–Crippen LogP) is 2.36. The minimum absolute atomic E-state index is 0.0556. The molecule has 0 aliphatic carbocycles. The normalized spacial score (nSPS) is 15.4. The van der Waals surface area contributed by atoms with E-state index in [0.29, 0.717) is 0 Å². The summed E-state index contributed by atoms with van der Waals surface area (Å²) in [4.78, 5) is 0. The van der Waals surface area contributed by atoms with Crippen LogP contribution >= 0.6 is 0 Å². The molecule has 0 aromatic heterocycles. The summed E-state index contributed by atoms with van der Waals surface area (Å²) in [5, 5.41) is 0. The highest BCUT2D eigenvalue weighted by molar-refractivity contribution is 5.24. The summed E-state index contributed by atoms with van der Waals surface area (Å²) < 4.78 is 27.0. The Bertz CT molecular complexity index is 282. The van der Waals surface area contributed by atoms with Crippen LogP contribution in [0.15, 0.2) is 24.3 Å². The average molecular weight is 185 g/mol. The molecule has 1 unspecified atom stereocenters. The van der Waals surface area contributed by atoms with Gasteiger partial charge in [0.2, 0.25) is 0 Å². The third-order valence-electron chi connectivity index (χ3n) is 2.24. The van der Waals surface area contributed by atoms with Crippen LogP contribution in [0.3, 0.4) is 0 Å². The molecule has 1 rings (SSSR count). The van der Waals surface area contributed by atoms with Gasteiger partial charge in [-0.25, -0.2) is 8.78 Å². The van der Waals surface area contributed by atoms with Gasteiger partial charge < -0.3 is 5.73 Å². The van der Waals surface area contributed by atoms with Gasteiger partial charge in [0.1, 0.15) is 5.82 Å². The van der Waals surface area contributed by atoms with Crippen molar-refractivity contribution < 1.29 is 8.78 Å². The molecule has 3 heteroatoms. The number of nitrogens with two attached hydrogens (primary N) is 1. The lowest BCUT2D eigenvalue weighted by Crippen LogP contribution is -2.30. The Kier molecular flexibility index (Phi) is 2.98. The zero-order valence-corrected chi connectivity index (χ0v) is 7.56. The fraction of sp³-hybridized carbons (Fsp3) is 0.400. The van der Waals surface area contributed by atoms with Crippen LogP contribution in [-0.4, -0.2) is 6.54 Å². The molecule has 1 atom stereocenters. The Balaban J connectivity index is 3.12. The van der Waals surface area contributed by atoms with E-state index in [1.807, 2.05) is 0 Å². The molecule has 1 nitrogen and oxygen atoms in total. The van der Waals surface area contributed by atoms with Gasteiger partial charge in [0.25, 0.3) is 0 Å². The van der Waals surface area contributed by atoms with Gasteiger partial charge in [-0.3, -0.25) is 0 Å². The van der Waals surface area contributed by atoms with E-state index in [2.05, 4.69) is 0 Å². The Morgan fingerprint density at radius 3 is 2.46 bits per heavy atom. The van der Waals surface area contributed by atoms with Crippen molar-refractivity contribution in [2.24, 2.45) is 5.73 Å². The molecule has 0 amide bonds. The fourth-order valence-electron chi connectivity index (χ4n) is 1.27. The monoisotopic (exact) mass is 185 g/mol. The Labute approximate surface area is 76.6 Å². The standard InChI is InChI=1S/C10H13F2N/c1-2-10(12,7-13)8-5-3-4-6-9(8)11/h3-6H,2,7,13H2,1H3. The largest absolute Gasteiger partial charge is 0.327 e. The first-order valence-electron chi connectivity index (χ1n) is 4.28. The highest BCUT2D eigenvalue weighted by Crippen LogP contribution is 2.30. The summed E-state index contributed by atoms with van der Waals surface area (Å²) in [6.45, 7) is 1.46. The van der Waals surface area contributed by atoms with Crippen LogP contribution < -0.4 is 5.73 Å². The maximum absolute atomic E-state index is 13.9. The lowest BCUT2D eigenvalue weighted by Gasteiger charge is -2.22. The quantitative estimate of drug-likeness (QED) is 0.768. The van der Waals surface area contributed by atoms with Crippen LogP contribution in [0, 0.1) is 5.82 Å².